The van der Waals surface area contributed by atoms with Gasteiger partial charge in [0.25, 0.3) is 5.91 Å². The number of carbonyl (C=O) groups excluding carboxylic acids is 1. The first kappa shape index (κ1) is 15.4. The Bertz CT molecular complexity index is 1060. The van der Waals surface area contributed by atoms with Crippen LogP contribution < -0.4 is 5.32 Å². The minimum Gasteiger partial charge on any atom is -0.338 e. The van der Waals surface area contributed by atoms with Crippen LogP contribution in [-0.4, -0.2) is 25.7 Å². The van der Waals surface area contributed by atoms with E-state index in [1.807, 2.05) is 42.5 Å². The monoisotopic (exact) mass is 351 g/mol. The Morgan fingerprint density at radius 2 is 1.96 bits per heavy atom. The van der Waals surface area contributed by atoms with Gasteiger partial charge in [-0.15, -0.1) is 0 Å². The Morgan fingerprint density at radius 3 is 2.64 bits per heavy atom. The summed E-state index contributed by atoms with van der Waals surface area (Å²) in [5.41, 5.74) is 3.73. The number of halogens is 1. The fraction of sp³-hybridized carbons (Fsp3) is 0.0556. The summed E-state index contributed by atoms with van der Waals surface area (Å²) in [6.45, 7) is 0. The van der Waals surface area contributed by atoms with Crippen molar-refractivity contribution in [3.63, 3.8) is 0 Å². The average Bonchev–Trinajstić information content (AvgIpc) is 3.22. The zero-order valence-corrected chi connectivity index (χ0v) is 14.1. The van der Waals surface area contributed by atoms with Crippen molar-refractivity contribution in [2.75, 3.05) is 5.32 Å². The minimum absolute atomic E-state index is 0.205. The van der Waals surface area contributed by atoms with Crippen molar-refractivity contribution in [1.82, 2.24) is 19.7 Å². The summed E-state index contributed by atoms with van der Waals surface area (Å²) in [6.07, 6.45) is 1.59. The quantitative estimate of drug-likeness (QED) is 0.588. The lowest BCUT2D eigenvalue weighted by Crippen LogP contribution is -2.15. The molecule has 0 radical (unpaired) electrons. The number of aromatic amines is 1. The molecule has 25 heavy (non-hydrogen) atoms. The fourth-order valence-corrected chi connectivity index (χ4v) is 2.85. The van der Waals surface area contributed by atoms with E-state index in [1.165, 1.54) is 4.68 Å². The maximum absolute atomic E-state index is 12.2. The third-order valence-electron chi connectivity index (χ3n) is 3.93. The first-order chi connectivity index (χ1) is 12.1. The lowest BCUT2D eigenvalue weighted by molar-refractivity contribution is 0.101. The largest absolute Gasteiger partial charge is 0.338 e. The molecule has 0 atom stereocenters. The summed E-state index contributed by atoms with van der Waals surface area (Å²) in [6, 6.07) is 14.7. The normalized spacial score (nSPS) is 11.0. The van der Waals surface area contributed by atoms with Gasteiger partial charge in [-0.3, -0.25) is 9.48 Å². The number of nitrogens with one attached hydrogen (secondary N) is 2. The Labute approximate surface area is 148 Å². The standard InChI is InChI=1S/C18H14ClN5O/c1-24-15(9-10-20-24)18(25)21-12-7-5-11(6-8-12)17-22-14-4-2-3-13(19)16(14)23-17/h2-10H,1H3,(H,21,25)(H,22,23). The van der Waals surface area contributed by atoms with Crippen LogP contribution in [0.15, 0.2) is 54.7 Å². The molecule has 2 N–H and O–H groups in total. The molecule has 124 valence electrons. The third-order valence-corrected chi connectivity index (χ3v) is 4.24. The van der Waals surface area contributed by atoms with E-state index in [2.05, 4.69) is 20.4 Å². The molecule has 4 rings (SSSR count). The van der Waals surface area contributed by atoms with E-state index in [0.717, 1.165) is 22.4 Å². The molecule has 6 nitrogen and oxygen atoms in total. The highest BCUT2D eigenvalue weighted by Crippen LogP contribution is 2.26. The molecular weight excluding hydrogens is 338 g/mol. The lowest BCUT2D eigenvalue weighted by Gasteiger charge is -2.06. The molecule has 0 aliphatic heterocycles. The Balaban J connectivity index is 1.58. The van der Waals surface area contributed by atoms with Gasteiger partial charge < -0.3 is 10.3 Å². The van der Waals surface area contributed by atoms with Crippen molar-refractivity contribution >= 4 is 34.2 Å². The highest BCUT2D eigenvalue weighted by atomic mass is 35.5. The van der Waals surface area contributed by atoms with Crippen LogP contribution in [0, 0.1) is 0 Å². The molecule has 0 bridgehead atoms. The zero-order chi connectivity index (χ0) is 17.4. The summed E-state index contributed by atoms with van der Waals surface area (Å²) < 4.78 is 1.53. The molecule has 1 amide bonds. The van der Waals surface area contributed by atoms with E-state index in [1.54, 1.807) is 19.3 Å². The molecule has 2 heterocycles. The van der Waals surface area contributed by atoms with Gasteiger partial charge in [0.1, 0.15) is 17.0 Å². The number of para-hydroxylation sites is 1. The molecule has 2 aromatic carbocycles. The number of nitrogens with zero attached hydrogens (tertiary/aromatic N) is 3. The Morgan fingerprint density at radius 1 is 1.16 bits per heavy atom. The molecule has 4 aromatic rings. The van der Waals surface area contributed by atoms with Crippen molar-refractivity contribution < 1.29 is 4.79 Å². The van der Waals surface area contributed by atoms with Crippen molar-refractivity contribution in [2.24, 2.45) is 7.05 Å². The van der Waals surface area contributed by atoms with E-state index < -0.39 is 0 Å². The van der Waals surface area contributed by atoms with Gasteiger partial charge in [-0.25, -0.2) is 4.98 Å². The van der Waals surface area contributed by atoms with Gasteiger partial charge in [0, 0.05) is 24.5 Å². The average molecular weight is 352 g/mol. The molecule has 2 aromatic heterocycles. The number of hydrogen-bond donors (Lipinski definition) is 2. The smallest absolute Gasteiger partial charge is 0.273 e. The topological polar surface area (TPSA) is 75.6 Å². The number of imidazole rings is 1. The summed E-state index contributed by atoms with van der Waals surface area (Å²) in [5, 5.41) is 7.45. The molecule has 0 aliphatic rings. The van der Waals surface area contributed by atoms with Crippen LogP contribution in [0.4, 0.5) is 5.69 Å². The minimum atomic E-state index is -0.205. The highest BCUT2D eigenvalue weighted by Gasteiger charge is 2.11. The number of benzene rings is 2. The second kappa shape index (κ2) is 6.07. The maximum atomic E-state index is 12.2. The van der Waals surface area contributed by atoms with Crippen LogP contribution in [0.5, 0.6) is 0 Å². The number of aromatic nitrogens is 4. The maximum Gasteiger partial charge on any atom is 0.273 e. The predicted molar refractivity (Wildman–Crippen MR) is 97.7 cm³/mol. The first-order valence-electron chi connectivity index (χ1n) is 7.66. The number of carbonyl (C=O) groups is 1. The van der Waals surface area contributed by atoms with Crippen LogP contribution in [-0.2, 0) is 7.05 Å². The van der Waals surface area contributed by atoms with Crippen molar-refractivity contribution in [2.45, 2.75) is 0 Å². The van der Waals surface area contributed by atoms with E-state index in [-0.39, 0.29) is 5.91 Å². The van der Waals surface area contributed by atoms with Crippen molar-refractivity contribution in [3.05, 3.63) is 65.4 Å². The first-order valence-corrected chi connectivity index (χ1v) is 8.03. The Kier molecular flexibility index (Phi) is 3.74. The van der Waals surface area contributed by atoms with E-state index in [9.17, 15) is 4.79 Å². The molecule has 7 heteroatoms. The second-order valence-electron chi connectivity index (χ2n) is 5.59. The molecule has 0 saturated heterocycles. The van der Waals surface area contributed by atoms with Gasteiger partial charge in [0.05, 0.1) is 10.5 Å². The molecule has 0 aliphatic carbocycles. The van der Waals surface area contributed by atoms with Crippen molar-refractivity contribution in [3.8, 4) is 11.4 Å². The van der Waals surface area contributed by atoms with Gasteiger partial charge in [0.2, 0.25) is 0 Å². The lowest BCUT2D eigenvalue weighted by atomic mass is 10.2. The number of aryl methyl sites for hydroxylation is 1. The van der Waals surface area contributed by atoms with Gasteiger partial charge in [-0.05, 0) is 42.5 Å². The van der Waals surface area contributed by atoms with Gasteiger partial charge >= 0.3 is 0 Å². The number of fused-ring (bicyclic) bond motifs is 1. The fourth-order valence-electron chi connectivity index (χ4n) is 2.64. The summed E-state index contributed by atoms with van der Waals surface area (Å²) in [5.74, 6) is 0.524. The predicted octanol–water partition coefficient (Wildman–Crippen LogP) is 3.87. The van der Waals surface area contributed by atoms with E-state index in [4.69, 9.17) is 11.6 Å². The van der Waals surface area contributed by atoms with Crippen LogP contribution in [0.2, 0.25) is 5.02 Å². The Hall–Kier alpha value is -3.12. The number of amides is 1. The molecule has 0 saturated carbocycles. The van der Waals surface area contributed by atoms with Crippen LogP contribution >= 0.6 is 11.6 Å². The SMILES string of the molecule is Cn1nccc1C(=O)Nc1ccc(-c2nc3c(Cl)cccc3[nH]2)cc1. The summed E-state index contributed by atoms with van der Waals surface area (Å²) in [7, 11) is 1.73. The number of rotatable bonds is 3. The van der Waals surface area contributed by atoms with E-state index in [0.29, 0.717) is 16.4 Å². The van der Waals surface area contributed by atoms with Crippen molar-refractivity contribution in [1.29, 1.82) is 0 Å². The number of H-pyrrole nitrogens is 1. The summed E-state index contributed by atoms with van der Waals surface area (Å²) in [4.78, 5) is 20.0. The summed E-state index contributed by atoms with van der Waals surface area (Å²) >= 11 is 6.16. The van der Waals surface area contributed by atoms with Gasteiger partial charge in [-0.2, -0.15) is 5.10 Å². The van der Waals surface area contributed by atoms with Gasteiger partial charge in [-0.1, -0.05) is 17.7 Å². The number of anilines is 1. The zero-order valence-electron chi connectivity index (χ0n) is 13.3. The van der Waals surface area contributed by atoms with E-state index >= 15 is 0 Å². The van der Waals surface area contributed by atoms with Crippen LogP contribution in [0.25, 0.3) is 22.4 Å². The highest BCUT2D eigenvalue weighted by molar-refractivity contribution is 6.35. The molecule has 0 spiro atoms. The molecular formula is C18H14ClN5O. The number of hydrogen-bond acceptors (Lipinski definition) is 3. The van der Waals surface area contributed by atoms with Gasteiger partial charge in [0.15, 0.2) is 0 Å². The third kappa shape index (κ3) is 2.88. The molecule has 0 fully saturated rings. The van der Waals surface area contributed by atoms with Crippen LogP contribution in [0.1, 0.15) is 10.5 Å². The van der Waals surface area contributed by atoms with Crippen LogP contribution in [0.3, 0.4) is 0 Å². The molecule has 0 unspecified atom stereocenters. The second-order valence-corrected chi connectivity index (χ2v) is 6.00.